The van der Waals surface area contributed by atoms with E-state index in [0.29, 0.717) is 36.3 Å². The fourth-order valence-electron chi connectivity index (χ4n) is 2.44. The zero-order valence-electron chi connectivity index (χ0n) is 15.3. The van der Waals surface area contributed by atoms with E-state index in [1.165, 1.54) is 0 Å². The average Bonchev–Trinajstić information content (AvgIpc) is 2.61. The van der Waals surface area contributed by atoms with Crippen molar-refractivity contribution in [2.24, 2.45) is 0 Å². The summed E-state index contributed by atoms with van der Waals surface area (Å²) in [5, 5.41) is 13.0. The zero-order valence-corrected chi connectivity index (χ0v) is 16.0. The number of ether oxygens (including phenoxy) is 2. The highest BCUT2D eigenvalue weighted by molar-refractivity contribution is 6.31. The van der Waals surface area contributed by atoms with Crippen LogP contribution in [-0.4, -0.2) is 24.3 Å². The minimum absolute atomic E-state index is 0.238. The summed E-state index contributed by atoms with van der Waals surface area (Å²) in [5.74, 6) is 0.326. The van der Waals surface area contributed by atoms with Crippen molar-refractivity contribution in [3.05, 3.63) is 52.0 Å². The van der Waals surface area contributed by atoms with E-state index in [2.05, 4.69) is 5.32 Å². The predicted molar refractivity (Wildman–Crippen MR) is 104 cm³/mol. The topological polar surface area (TPSA) is 67.8 Å². The third kappa shape index (κ3) is 5.05. The van der Waals surface area contributed by atoms with Crippen molar-refractivity contribution in [1.82, 2.24) is 0 Å². The van der Waals surface area contributed by atoms with Crippen molar-refractivity contribution in [3.63, 3.8) is 0 Å². The van der Waals surface area contributed by atoms with Gasteiger partial charge in [-0.05, 0) is 49.6 Å². The lowest BCUT2D eigenvalue weighted by Crippen LogP contribution is -2.06. The number of aryl methyl sites for hydroxylation is 1. The Labute approximate surface area is 158 Å². The van der Waals surface area contributed by atoms with Gasteiger partial charge in [-0.15, -0.1) is 0 Å². The standard InChI is InChI=1S/C20H24ClNO4/c1-4-8-26-19-11-16(21)15(10-18(19)25-5-2)12-22-17-9-14(20(23)24)7-6-13(17)3/h6-7,9-11,22H,4-5,8,12H2,1-3H3,(H,23,24). The van der Waals surface area contributed by atoms with Gasteiger partial charge in [0.15, 0.2) is 11.5 Å². The van der Waals surface area contributed by atoms with Gasteiger partial charge in [0.1, 0.15) is 0 Å². The molecule has 5 nitrogen and oxygen atoms in total. The molecule has 0 saturated heterocycles. The first kappa shape index (κ1) is 19.9. The molecule has 0 fully saturated rings. The summed E-state index contributed by atoms with van der Waals surface area (Å²) in [6.07, 6.45) is 0.895. The molecule has 0 amide bonds. The van der Waals surface area contributed by atoms with Crippen LogP contribution in [0.25, 0.3) is 0 Å². The van der Waals surface area contributed by atoms with E-state index in [9.17, 15) is 4.79 Å². The maximum absolute atomic E-state index is 11.2. The molecule has 0 bridgehead atoms. The number of benzene rings is 2. The van der Waals surface area contributed by atoms with Crippen LogP contribution >= 0.6 is 11.6 Å². The van der Waals surface area contributed by atoms with E-state index in [0.717, 1.165) is 23.2 Å². The quantitative estimate of drug-likeness (QED) is 0.632. The molecule has 0 heterocycles. The van der Waals surface area contributed by atoms with Crippen LogP contribution in [0.3, 0.4) is 0 Å². The minimum atomic E-state index is -0.956. The molecule has 0 aliphatic rings. The lowest BCUT2D eigenvalue weighted by atomic mass is 10.1. The van der Waals surface area contributed by atoms with E-state index in [-0.39, 0.29) is 5.56 Å². The first-order valence-corrected chi connectivity index (χ1v) is 8.99. The monoisotopic (exact) mass is 377 g/mol. The lowest BCUT2D eigenvalue weighted by molar-refractivity contribution is 0.0697. The predicted octanol–water partition coefficient (Wildman–Crippen LogP) is 5.15. The van der Waals surface area contributed by atoms with Gasteiger partial charge in [-0.2, -0.15) is 0 Å². The van der Waals surface area contributed by atoms with Gasteiger partial charge in [0, 0.05) is 23.3 Å². The Morgan fingerprint density at radius 2 is 1.88 bits per heavy atom. The van der Waals surface area contributed by atoms with Gasteiger partial charge in [0.25, 0.3) is 0 Å². The average molecular weight is 378 g/mol. The normalized spacial score (nSPS) is 10.5. The Kier molecular flexibility index (Phi) is 7.16. The number of rotatable bonds is 9. The van der Waals surface area contributed by atoms with Crippen LogP contribution in [0.2, 0.25) is 5.02 Å². The second kappa shape index (κ2) is 9.34. The van der Waals surface area contributed by atoms with Crippen LogP contribution in [0.5, 0.6) is 11.5 Å². The van der Waals surface area contributed by atoms with Crippen molar-refractivity contribution >= 4 is 23.3 Å². The Hall–Kier alpha value is -2.40. The van der Waals surface area contributed by atoms with Crippen molar-refractivity contribution in [3.8, 4) is 11.5 Å². The van der Waals surface area contributed by atoms with Crippen LogP contribution < -0.4 is 14.8 Å². The third-order valence-corrected chi connectivity index (χ3v) is 4.18. The highest BCUT2D eigenvalue weighted by atomic mass is 35.5. The van der Waals surface area contributed by atoms with Crippen LogP contribution in [0.4, 0.5) is 5.69 Å². The van der Waals surface area contributed by atoms with Crippen LogP contribution in [0.15, 0.2) is 30.3 Å². The number of aromatic carboxylic acids is 1. The molecule has 2 aromatic rings. The van der Waals surface area contributed by atoms with Gasteiger partial charge < -0.3 is 19.9 Å². The number of carboxylic acid groups (broad SMARTS) is 1. The Morgan fingerprint density at radius 3 is 2.54 bits per heavy atom. The second-order valence-electron chi connectivity index (χ2n) is 5.86. The maximum Gasteiger partial charge on any atom is 0.335 e. The van der Waals surface area contributed by atoms with Gasteiger partial charge in [0.05, 0.1) is 18.8 Å². The molecule has 140 valence electrons. The minimum Gasteiger partial charge on any atom is -0.490 e. The summed E-state index contributed by atoms with van der Waals surface area (Å²) in [6.45, 7) is 7.43. The lowest BCUT2D eigenvalue weighted by Gasteiger charge is -2.16. The number of nitrogens with one attached hydrogen (secondary N) is 1. The van der Waals surface area contributed by atoms with Crippen molar-refractivity contribution in [2.45, 2.75) is 33.7 Å². The molecule has 6 heteroatoms. The van der Waals surface area contributed by atoms with Gasteiger partial charge >= 0.3 is 5.97 Å². The molecule has 0 spiro atoms. The molecule has 0 saturated carbocycles. The Morgan fingerprint density at radius 1 is 1.15 bits per heavy atom. The molecule has 2 aromatic carbocycles. The molecule has 0 aliphatic carbocycles. The molecule has 0 unspecified atom stereocenters. The Balaban J connectivity index is 2.22. The van der Waals surface area contributed by atoms with Gasteiger partial charge in [-0.1, -0.05) is 24.6 Å². The molecule has 2 N–H and O–H groups in total. The molecule has 0 radical (unpaired) electrons. The number of carbonyl (C=O) groups is 1. The number of carboxylic acids is 1. The first-order chi connectivity index (χ1) is 12.5. The molecule has 26 heavy (non-hydrogen) atoms. The van der Waals surface area contributed by atoms with Gasteiger partial charge in [-0.3, -0.25) is 0 Å². The van der Waals surface area contributed by atoms with Crippen LogP contribution in [-0.2, 0) is 6.54 Å². The molecular formula is C20H24ClNO4. The third-order valence-electron chi connectivity index (χ3n) is 3.83. The fourth-order valence-corrected chi connectivity index (χ4v) is 2.66. The van der Waals surface area contributed by atoms with E-state index < -0.39 is 5.97 Å². The molecule has 0 aromatic heterocycles. The smallest absolute Gasteiger partial charge is 0.335 e. The number of halogens is 1. The van der Waals surface area contributed by atoms with E-state index in [1.807, 2.05) is 26.8 Å². The number of anilines is 1. The zero-order chi connectivity index (χ0) is 19.1. The molecule has 0 atom stereocenters. The largest absolute Gasteiger partial charge is 0.490 e. The Bertz CT molecular complexity index is 777. The molecule has 0 aliphatic heterocycles. The number of hydrogen-bond donors (Lipinski definition) is 2. The second-order valence-corrected chi connectivity index (χ2v) is 6.27. The molecule has 2 rings (SSSR count). The summed E-state index contributed by atoms with van der Waals surface area (Å²) >= 11 is 6.40. The summed E-state index contributed by atoms with van der Waals surface area (Å²) in [5.41, 5.74) is 2.80. The fraction of sp³-hybridized carbons (Fsp3) is 0.350. The van der Waals surface area contributed by atoms with Gasteiger partial charge in [0.2, 0.25) is 0 Å². The summed E-state index contributed by atoms with van der Waals surface area (Å²) in [7, 11) is 0. The van der Waals surface area contributed by atoms with Crippen LogP contribution in [0, 0.1) is 6.92 Å². The number of hydrogen-bond acceptors (Lipinski definition) is 4. The van der Waals surface area contributed by atoms with E-state index in [1.54, 1.807) is 24.3 Å². The summed E-state index contributed by atoms with van der Waals surface area (Å²) in [4.78, 5) is 11.2. The highest BCUT2D eigenvalue weighted by Gasteiger charge is 2.12. The van der Waals surface area contributed by atoms with E-state index in [4.69, 9.17) is 26.2 Å². The maximum atomic E-state index is 11.2. The van der Waals surface area contributed by atoms with E-state index >= 15 is 0 Å². The van der Waals surface area contributed by atoms with Crippen molar-refractivity contribution < 1.29 is 19.4 Å². The first-order valence-electron chi connectivity index (χ1n) is 8.62. The highest BCUT2D eigenvalue weighted by Crippen LogP contribution is 2.34. The van der Waals surface area contributed by atoms with Gasteiger partial charge in [-0.25, -0.2) is 4.79 Å². The molecular weight excluding hydrogens is 354 g/mol. The summed E-state index contributed by atoms with van der Waals surface area (Å²) in [6, 6.07) is 8.61. The SMILES string of the molecule is CCCOc1cc(Cl)c(CNc2cc(C(=O)O)ccc2C)cc1OCC. The van der Waals surface area contributed by atoms with Crippen molar-refractivity contribution in [1.29, 1.82) is 0 Å². The van der Waals surface area contributed by atoms with Crippen LogP contribution in [0.1, 0.15) is 41.8 Å². The van der Waals surface area contributed by atoms with Crippen molar-refractivity contribution in [2.75, 3.05) is 18.5 Å². The summed E-state index contributed by atoms with van der Waals surface area (Å²) < 4.78 is 11.4.